The van der Waals surface area contributed by atoms with Gasteiger partial charge in [0.25, 0.3) is 0 Å². The average Bonchev–Trinajstić information content (AvgIpc) is 3.19. The summed E-state index contributed by atoms with van der Waals surface area (Å²) in [6.07, 6.45) is 0.446. The zero-order chi connectivity index (χ0) is 19.9. The van der Waals surface area contributed by atoms with Gasteiger partial charge in [-0.1, -0.05) is 36.7 Å². The molecule has 0 amide bonds. The summed E-state index contributed by atoms with van der Waals surface area (Å²) in [5, 5.41) is 3.23. The lowest BCUT2D eigenvalue weighted by atomic mass is 10.1. The number of ether oxygens (including phenoxy) is 2. The van der Waals surface area contributed by atoms with Crippen molar-refractivity contribution in [3.63, 3.8) is 0 Å². The molecule has 0 spiro atoms. The van der Waals surface area contributed by atoms with Crippen molar-refractivity contribution in [2.24, 2.45) is 0 Å². The maximum absolute atomic E-state index is 11.9. The Hall–Kier alpha value is -2.70. The van der Waals surface area contributed by atoms with Gasteiger partial charge in [-0.2, -0.15) is 0 Å². The van der Waals surface area contributed by atoms with Gasteiger partial charge in [-0.3, -0.25) is 4.79 Å². The highest BCUT2D eigenvalue weighted by Gasteiger charge is 2.11. The van der Waals surface area contributed by atoms with Crippen molar-refractivity contribution in [3.8, 4) is 16.3 Å². The number of carbonyl (C=O) groups excluding carboxylic acids is 2. The van der Waals surface area contributed by atoms with Gasteiger partial charge in [-0.15, -0.1) is 11.3 Å². The monoisotopic (exact) mass is 415 g/mol. The van der Waals surface area contributed by atoms with Gasteiger partial charge in [-0.05, 0) is 30.3 Å². The van der Waals surface area contributed by atoms with E-state index in [1.54, 1.807) is 30.3 Å². The average molecular weight is 416 g/mol. The Morgan fingerprint density at radius 3 is 2.57 bits per heavy atom. The smallest absolute Gasteiger partial charge is 0.344 e. The van der Waals surface area contributed by atoms with E-state index in [4.69, 9.17) is 21.1 Å². The van der Waals surface area contributed by atoms with Crippen molar-refractivity contribution >= 4 is 34.7 Å². The molecule has 144 valence electrons. The molecule has 0 atom stereocenters. The highest BCUT2D eigenvalue weighted by molar-refractivity contribution is 7.13. The van der Waals surface area contributed by atoms with E-state index in [2.05, 4.69) is 4.98 Å². The Kier molecular flexibility index (Phi) is 6.79. The Morgan fingerprint density at radius 1 is 1.11 bits per heavy atom. The Labute approximate surface area is 171 Å². The van der Waals surface area contributed by atoms with Gasteiger partial charge >= 0.3 is 5.97 Å². The second-order valence-corrected chi connectivity index (χ2v) is 7.14. The maximum Gasteiger partial charge on any atom is 0.344 e. The van der Waals surface area contributed by atoms with Crippen LogP contribution in [-0.4, -0.2) is 23.3 Å². The minimum atomic E-state index is -0.499. The van der Waals surface area contributed by atoms with Crippen LogP contribution in [0.1, 0.15) is 29.4 Å². The van der Waals surface area contributed by atoms with Gasteiger partial charge in [0, 0.05) is 22.9 Å². The number of Topliss-reactive ketones (excluding diaryl/α,β-unsaturated/α-hetero) is 1. The van der Waals surface area contributed by atoms with Crippen LogP contribution in [0.25, 0.3) is 10.6 Å². The third-order valence-electron chi connectivity index (χ3n) is 3.89. The van der Waals surface area contributed by atoms with Crippen LogP contribution in [0.15, 0.2) is 53.9 Å². The van der Waals surface area contributed by atoms with E-state index in [1.165, 1.54) is 11.3 Å². The maximum atomic E-state index is 11.9. The SMILES string of the molecule is CCC(=O)c1ccc(OCC(=O)OCc2csc(-c3ccccc3Cl)n2)cc1. The van der Waals surface area contributed by atoms with Crippen molar-refractivity contribution in [1.82, 2.24) is 4.98 Å². The molecule has 0 aliphatic rings. The summed E-state index contributed by atoms with van der Waals surface area (Å²) < 4.78 is 10.6. The summed E-state index contributed by atoms with van der Waals surface area (Å²) in [5.41, 5.74) is 2.12. The molecule has 0 fully saturated rings. The highest BCUT2D eigenvalue weighted by Crippen LogP contribution is 2.30. The van der Waals surface area contributed by atoms with Crippen LogP contribution in [0.5, 0.6) is 5.75 Å². The Bertz CT molecular complexity index is 969. The second-order valence-electron chi connectivity index (χ2n) is 5.87. The van der Waals surface area contributed by atoms with E-state index in [-0.39, 0.29) is 19.0 Å². The van der Waals surface area contributed by atoms with Gasteiger partial charge in [0.2, 0.25) is 0 Å². The first-order valence-corrected chi connectivity index (χ1v) is 9.93. The van der Waals surface area contributed by atoms with Gasteiger partial charge in [-0.25, -0.2) is 9.78 Å². The lowest BCUT2D eigenvalue weighted by molar-refractivity contribution is -0.147. The Morgan fingerprint density at radius 2 is 1.86 bits per heavy atom. The van der Waals surface area contributed by atoms with Crippen LogP contribution >= 0.6 is 22.9 Å². The summed E-state index contributed by atoms with van der Waals surface area (Å²) in [6.45, 7) is 1.65. The van der Waals surface area contributed by atoms with Gasteiger partial charge in [0.05, 0.1) is 10.7 Å². The number of hydrogen-bond acceptors (Lipinski definition) is 6. The molecule has 3 aromatic rings. The number of benzene rings is 2. The number of rotatable bonds is 8. The standard InChI is InChI=1S/C21H18ClNO4S/c1-2-19(24)14-7-9-16(10-8-14)26-12-20(25)27-11-15-13-28-21(23-15)17-5-3-4-6-18(17)22/h3-10,13H,2,11-12H2,1H3. The molecular formula is C21H18ClNO4S. The quantitative estimate of drug-likeness (QED) is 0.374. The zero-order valence-corrected chi connectivity index (χ0v) is 16.8. The molecule has 2 aromatic carbocycles. The summed E-state index contributed by atoms with van der Waals surface area (Å²) >= 11 is 7.61. The van der Waals surface area contributed by atoms with Crippen LogP contribution in [0.3, 0.4) is 0 Å². The lowest BCUT2D eigenvalue weighted by Gasteiger charge is -2.07. The zero-order valence-electron chi connectivity index (χ0n) is 15.2. The molecule has 3 rings (SSSR count). The summed E-state index contributed by atoms with van der Waals surface area (Å²) in [6, 6.07) is 14.1. The molecule has 1 heterocycles. The Balaban J connectivity index is 1.48. The summed E-state index contributed by atoms with van der Waals surface area (Å²) in [5.74, 6) is 0.0608. The molecule has 0 aliphatic heterocycles. The number of nitrogens with zero attached hydrogens (tertiary/aromatic N) is 1. The fraction of sp³-hybridized carbons (Fsp3) is 0.190. The summed E-state index contributed by atoms with van der Waals surface area (Å²) in [7, 11) is 0. The molecule has 0 aliphatic carbocycles. The van der Waals surface area contributed by atoms with Gasteiger partial charge in [0.1, 0.15) is 17.4 Å². The molecular weight excluding hydrogens is 398 g/mol. The number of esters is 1. The van der Waals surface area contributed by atoms with Crippen molar-refractivity contribution in [2.75, 3.05) is 6.61 Å². The molecule has 7 heteroatoms. The molecule has 0 N–H and O–H groups in total. The molecule has 0 saturated heterocycles. The third kappa shape index (κ3) is 5.18. The predicted molar refractivity (Wildman–Crippen MR) is 109 cm³/mol. The van der Waals surface area contributed by atoms with Crippen molar-refractivity contribution in [1.29, 1.82) is 0 Å². The second kappa shape index (κ2) is 9.48. The first-order valence-electron chi connectivity index (χ1n) is 8.68. The minimum absolute atomic E-state index is 0.0605. The van der Waals surface area contributed by atoms with Crippen molar-refractivity contribution in [2.45, 2.75) is 20.0 Å². The van der Waals surface area contributed by atoms with Crippen LogP contribution in [-0.2, 0) is 16.1 Å². The molecule has 1 aromatic heterocycles. The third-order valence-corrected chi connectivity index (χ3v) is 5.15. The fourth-order valence-electron chi connectivity index (χ4n) is 2.41. The van der Waals surface area contributed by atoms with E-state index >= 15 is 0 Å². The predicted octanol–water partition coefficient (Wildman–Crippen LogP) is 5.18. The van der Waals surface area contributed by atoms with E-state index in [1.807, 2.05) is 30.5 Å². The number of aromatic nitrogens is 1. The highest BCUT2D eigenvalue weighted by atomic mass is 35.5. The molecule has 0 bridgehead atoms. The van der Waals surface area contributed by atoms with Crippen LogP contribution in [0, 0.1) is 0 Å². The molecule has 28 heavy (non-hydrogen) atoms. The number of halogens is 1. The molecule has 0 unspecified atom stereocenters. The number of ketones is 1. The largest absolute Gasteiger partial charge is 0.482 e. The van der Waals surface area contributed by atoms with Crippen LogP contribution in [0.2, 0.25) is 5.02 Å². The molecule has 0 saturated carbocycles. The number of carbonyl (C=O) groups is 2. The van der Waals surface area contributed by atoms with Crippen molar-refractivity contribution in [3.05, 3.63) is 70.2 Å². The number of thiazole rings is 1. The molecule has 0 radical (unpaired) electrons. The first-order chi connectivity index (χ1) is 13.6. The van der Waals surface area contributed by atoms with E-state index in [9.17, 15) is 9.59 Å². The number of hydrogen-bond donors (Lipinski definition) is 0. The van der Waals surface area contributed by atoms with E-state index < -0.39 is 5.97 Å². The van der Waals surface area contributed by atoms with Crippen LogP contribution in [0.4, 0.5) is 0 Å². The minimum Gasteiger partial charge on any atom is -0.482 e. The van der Waals surface area contributed by atoms with E-state index in [0.29, 0.717) is 28.5 Å². The van der Waals surface area contributed by atoms with Gasteiger partial charge < -0.3 is 9.47 Å². The lowest BCUT2D eigenvalue weighted by Crippen LogP contribution is -2.14. The molecule has 5 nitrogen and oxygen atoms in total. The van der Waals surface area contributed by atoms with Gasteiger partial charge in [0.15, 0.2) is 12.4 Å². The van der Waals surface area contributed by atoms with Crippen LogP contribution < -0.4 is 4.74 Å². The summed E-state index contributed by atoms with van der Waals surface area (Å²) in [4.78, 5) is 27.9. The van der Waals surface area contributed by atoms with E-state index in [0.717, 1.165) is 10.6 Å². The van der Waals surface area contributed by atoms with Crippen molar-refractivity contribution < 1.29 is 19.1 Å². The normalized spacial score (nSPS) is 10.5. The topological polar surface area (TPSA) is 65.5 Å². The fourth-order valence-corrected chi connectivity index (χ4v) is 3.54. The first kappa shape index (κ1) is 20.0.